The molecule has 0 saturated carbocycles. The molecule has 0 aromatic heterocycles. The van der Waals surface area contributed by atoms with Crippen LogP contribution in [0.4, 0.5) is 0 Å². The summed E-state index contributed by atoms with van der Waals surface area (Å²) in [7, 11) is -5.06. The van der Waals surface area contributed by atoms with Crippen molar-refractivity contribution >= 4 is 34.0 Å². The smallest absolute Gasteiger partial charge is 0.330 e. The van der Waals surface area contributed by atoms with Gasteiger partial charge < -0.3 is 18.9 Å². The molecule has 3 atom stereocenters. The Morgan fingerprint density at radius 2 is 1.00 bits per heavy atom. The van der Waals surface area contributed by atoms with Gasteiger partial charge in [0, 0.05) is 12.2 Å². The molecule has 11 nitrogen and oxygen atoms in total. The standard InChI is InChI=1S/C34H58O11S/c1-5-9-11-13-15-17-19-21-23-28(44-31(35)7-3)26-42-33(37)25-30(46(39,40)41)34(38)43-27-29(45-32(36)8-4)24-22-20-18-16-14-12-10-6-2/h7-8,28-30H,3-6,9-27H2,1-2H3,(H,39,40,41). The van der Waals surface area contributed by atoms with Crippen LogP contribution >= 0.6 is 0 Å². The number of rotatable bonds is 30. The number of esters is 4. The Balaban J connectivity index is 4.98. The van der Waals surface area contributed by atoms with Crippen LogP contribution in [0.3, 0.4) is 0 Å². The van der Waals surface area contributed by atoms with Gasteiger partial charge in [-0.3, -0.25) is 14.1 Å². The van der Waals surface area contributed by atoms with E-state index in [9.17, 15) is 32.1 Å². The number of unbranched alkanes of at least 4 members (excludes halogenated alkanes) is 14. The van der Waals surface area contributed by atoms with Crippen LogP contribution in [0.2, 0.25) is 0 Å². The maximum atomic E-state index is 12.7. The van der Waals surface area contributed by atoms with Crippen LogP contribution in [-0.2, 0) is 48.2 Å². The third kappa shape index (κ3) is 23.6. The monoisotopic (exact) mass is 674 g/mol. The zero-order valence-electron chi connectivity index (χ0n) is 28.1. The van der Waals surface area contributed by atoms with Crippen molar-refractivity contribution in [3.8, 4) is 0 Å². The second-order valence-corrected chi connectivity index (χ2v) is 13.2. The molecule has 0 saturated heterocycles. The van der Waals surface area contributed by atoms with E-state index in [-0.39, 0.29) is 6.61 Å². The molecule has 0 heterocycles. The summed E-state index contributed by atoms with van der Waals surface area (Å²) in [6.07, 6.45) is 16.9. The Morgan fingerprint density at radius 1 is 0.630 bits per heavy atom. The maximum Gasteiger partial charge on any atom is 0.330 e. The highest BCUT2D eigenvalue weighted by atomic mass is 32.2. The summed E-state index contributed by atoms with van der Waals surface area (Å²) < 4.78 is 54.4. The molecule has 0 rings (SSSR count). The van der Waals surface area contributed by atoms with Crippen molar-refractivity contribution in [1.29, 1.82) is 0 Å². The Bertz CT molecular complexity index is 993. The van der Waals surface area contributed by atoms with E-state index in [1.807, 2.05) is 0 Å². The van der Waals surface area contributed by atoms with Gasteiger partial charge in [-0.05, 0) is 25.7 Å². The van der Waals surface area contributed by atoms with Crippen LogP contribution in [0.1, 0.15) is 136 Å². The van der Waals surface area contributed by atoms with E-state index in [4.69, 9.17) is 18.9 Å². The van der Waals surface area contributed by atoms with Crippen LogP contribution in [0.25, 0.3) is 0 Å². The number of hydrogen-bond donors (Lipinski definition) is 1. The molecule has 0 radical (unpaired) electrons. The highest BCUT2D eigenvalue weighted by Gasteiger charge is 2.36. The van der Waals surface area contributed by atoms with Crippen molar-refractivity contribution in [2.75, 3.05) is 13.2 Å². The molecule has 3 unspecified atom stereocenters. The van der Waals surface area contributed by atoms with Crippen molar-refractivity contribution in [2.45, 2.75) is 153 Å². The molecule has 0 aliphatic heterocycles. The minimum absolute atomic E-state index is 0.361. The zero-order valence-corrected chi connectivity index (χ0v) is 28.9. The lowest BCUT2D eigenvalue weighted by Gasteiger charge is -2.20. The quantitative estimate of drug-likeness (QED) is 0.0275. The van der Waals surface area contributed by atoms with Gasteiger partial charge in [-0.2, -0.15) is 8.42 Å². The summed E-state index contributed by atoms with van der Waals surface area (Å²) in [6.45, 7) is 10.2. The first kappa shape index (κ1) is 43.3. The fraction of sp³-hybridized carbons (Fsp3) is 0.765. The molecule has 0 bridgehead atoms. The van der Waals surface area contributed by atoms with Crippen molar-refractivity contribution in [1.82, 2.24) is 0 Å². The van der Waals surface area contributed by atoms with Gasteiger partial charge >= 0.3 is 23.9 Å². The first-order chi connectivity index (χ1) is 22.0. The largest absolute Gasteiger partial charge is 0.462 e. The Labute approximate surface area is 276 Å². The summed E-state index contributed by atoms with van der Waals surface area (Å²) in [5.41, 5.74) is 0. The van der Waals surface area contributed by atoms with Crippen LogP contribution in [0.15, 0.2) is 25.3 Å². The topological polar surface area (TPSA) is 160 Å². The Hall–Kier alpha value is -2.73. The average molecular weight is 675 g/mol. The van der Waals surface area contributed by atoms with Gasteiger partial charge in [0.1, 0.15) is 25.4 Å². The molecular weight excluding hydrogens is 616 g/mol. The van der Waals surface area contributed by atoms with Crippen LogP contribution in [-0.4, -0.2) is 67.5 Å². The predicted octanol–water partition coefficient (Wildman–Crippen LogP) is 6.98. The first-order valence-corrected chi connectivity index (χ1v) is 18.4. The number of ether oxygens (including phenoxy) is 4. The molecule has 1 N–H and O–H groups in total. The number of carbonyl (C=O) groups excluding carboxylic acids is 4. The Morgan fingerprint density at radius 3 is 1.37 bits per heavy atom. The molecule has 0 aromatic rings. The van der Waals surface area contributed by atoms with Crippen molar-refractivity contribution in [3.05, 3.63) is 25.3 Å². The third-order valence-electron chi connectivity index (χ3n) is 7.47. The molecule has 266 valence electrons. The third-order valence-corrected chi connectivity index (χ3v) is 8.55. The molecule has 0 aromatic carbocycles. The second-order valence-electron chi connectivity index (χ2n) is 11.6. The number of hydrogen-bond acceptors (Lipinski definition) is 10. The number of carbonyl (C=O) groups is 4. The molecular formula is C34H58O11S. The van der Waals surface area contributed by atoms with Gasteiger partial charge in [0.2, 0.25) is 0 Å². The van der Waals surface area contributed by atoms with Gasteiger partial charge in [-0.15, -0.1) is 0 Å². The summed E-state index contributed by atoms with van der Waals surface area (Å²) >= 11 is 0. The van der Waals surface area contributed by atoms with Crippen LogP contribution < -0.4 is 0 Å². The summed E-state index contributed by atoms with van der Waals surface area (Å²) in [4.78, 5) is 48.8. The summed E-state index contributed by atoms with van der Waals surface area (Å²) in [5, 5.41) is -2.25. The van der Waals surface area contributed by atoms with Crippen LogP contribution in [0, 0.1) is 0 Å². The lowest BCUT2D eigenvalue weighted by Crippen LogP contribution is -2.37. The van der Waals surface area contributed by atoms with E-state index in [1.165, 1.54) is 38.5 Å². The lowest BCUT2D eigenvalue weighted by molar-refractivity contribution is -0.159. The normalized spacial score (nSPS) is 13.2. The van der Waals surface area contributed by atoms with Crippen molar-refractivity contribution in [3.63, 3.8) is 0 Å². The lowest BCUT2D eigenvalue weighted by atomic mass is 10.1. The highest BCUT2D eigenvalue weighted by Crippen LogP contribution is 2.16. The highest BCUT2D eigenvalue weighted by molar-refractivity contribution is 7.87. The Kier molecular flexibility index (Phi) is 25.8. The van der Waals surface area contributed by atoms with Gasteiger partial charge in [0.25, 0.3) is 10.1 Å². The van der Waals surface area contributed by atoms with Crippen molar-refractivity contribution < 1.29 is 51.1 Å². The molecule has 0 aliphatic rings. The van der Waals surface area contributed by atoms with Gasteiger partial charge in [-0.1, -0.05) is 117 Å². The first-order valence-electron chi connectivity index (χ1n) is 16.9. The van der Waals surface area contributed by atoms with Gasteiger partial charge in [0.05, 0.1) is 6.42 Å². The predicted molar refractivity (Wildman–Crippen MR) is 176 cm³/mol. The molecule has 0 amide bonds. The fourth-order valence-corrected chi connectivity index (χ4v) is 5.42. The van der Waals surface area contributed by atoms with Crippen LogP contribution in [0.5, 0.6) is 0 Å². The van der Waals surface area contributed by atoms with E-state index in [1.54, 1.807) is 0 Å². The second kappa shape index (κ2) is 27.4. The molecule has 0 fully saturated rings. The maximum absolute atomic E-state index is 12.7. The van der Waals surface area contributed by atoms with Gasteiger partial charge in [0.15, 0.2) is 5.25 Å². The van der Waals surface area contributed by atoms with E-state index in [0.29, 0.717) is 19.3 Å². The zero-order chi connectivity index (χ0) is 34.6. The minimum atomic E-state index is -5.06. The summed E-state index contributed by atoms with van der Waals surface area (Å²) in [6, 6.07) is 0. The molecule has 0 aliphatic carbocycles. The minimum Gasteiger partial charge on any atom is -0.462 e. The van der Waals surface area contributed by atoms with Gasteiger partial charge in [-0.25, -0.2) is 9.59 Å². The summed E-state index contributed by atoms with van der Waals surface area (Å²) in [5.74, 6) is -3.92. The van der Waals surface area contributed by atoms with Crippen molar-refractivity contribution in [2.24, 2.45) is 0 Å². The van der Waals surface area contributed by atoms with E-state index in [2.05, 4.69) is 27.0 Å². The molecule has 12 heteroatoms. The molecule has 46 heavy (non-hydrogen) atoms. The van der Waals surface area contributed by atoms with E-state index < -0.39 is 64.5 Å². The fourth-order valence-electron chi connectivity index (χ4n) is 4.76. The van der Waals surface area contributed by atoms with E-state index in [0.717, 1.165) is 69.9 Å². The van der Waals surface area contributed by atoms with E-state index >= 15 is 0 Å². The SMILES string of the molecule is C=CC(=O)OC(CCCCCCCCCC)COC(=O)CC(C(=O)OCC(CCCCCCCCCC)OC(=O)C=C)S(=O)(=O)O. The molecule has 0 spiro atoms. The average Bonchev–Trinajstić information content (AvgIpc) is 3.02.